The predicted octanol–water partition coefficient (Wildman–Crippen LogP) is 3.38. The van der Waals surface area contributed by atoms with Gasteiger partial charge < -0.3 is 5.32 Å². The highest BCUT2D eigenvalue weighted by molar-refractivity contribution is 7.89. The fraction of sp³-hybridized carbons (Fsp3) is 0.647. The number of rotatable bonds is 7. The van der Waals surface area contributed by atoms with Gasteiger partial charge in [-0.15, -0.1) is 0 Å². The third-order valence-corrected chi connectivity index (χ3v) is 6.96. The summed E-state index contributed by atoms with van der Waals surface area (Å²) >= 11 is 5.83. The summed E-state index contributed by atoms with van der Waals surface area (Å²) in [5, 5.41) is 3.79. The van der Waals surface area contributed by atoms with Crippen molar-refractivity contribution in [2.45, 2.75) is 37.0 Å². The minimum Gasteiger partial charge on any atom is -0.319 e. The zero-order valence-corrected chi connectivity index (χ0v) is 15.5. The lowest BCUT2D eigenvalue weighted by atomic mass is 9.80. The highest BCUT2D eigenvalue weighted by atomic mass is 35.5. The van der Waals surface area contributed by atoms with Gasteiger partial charge in [-0.2, -0.15) is 0 Å². The minimum absolute atomic E-state index is 0.308. The first-order valence-electron chi connectivity index (χ1n) is 8.30. The molecular weight excluding hydrogens is 332 g/mol. The normalized spacial score (nSPS) is 22.4. The van der Waals surface area contributed by atoms with Crippen LogP contribution in [0.15, 0.2) is 29.2 Å². The predicted molar refractivity (Wildman–Crippen MR) is 95.3 cm³/mol. The maximum absolute atomic E-state index is 12.5. The van der Waals surface area contributed by atoms with Gasteiger partial charge in [-0.3, -0.25) is 0 Å². The third kappa shape index (κ3) is 5.18. The van der Waals surface area contributed by atoms with E-state index in [1.54, 1.807) is 31.3 Å². The van der Waals surface area contributed by atoms with Crippen molar-refractivity contribution in [2.75, 3.05) is 27.2 Å². The van der Waals surface area contributed by atoms with E-state index in [4.69, 9.17) is 11.6 Å². The molecule has 0 unspecified atom stereocenters. The van der Waals surface area contributed by atoms with Crippen molar-refractivity contribution in [1.82, 2.24) is 9.62 Å². The summed E-state index contributed by atoms with van der Waals surface area (Å²) in [7, 11) is 0.255. The van der Waals surface area contributed by atoms with Gasteiger partial charge in [0.25, 0.3) is 0 Å². The van der Waals surface area contributed by atoms with Gasteiger partial charge in [-0.25, -0.2) is 12.7 Å². The molecule has 6 heteroatoms. The molecule has 1 N–H and O–H groups in total. The van der Waals surface area contributed by atoms with Crippen LogP contribution in [0.5, 0.6) is 0 Å². The van der Waals surface area contributed by atoms with Crippen molar-refractivity contribution in [3.8, 4) is 0 Å². The maximum atomic E-state index is 12.5. The first kappa shape index (κ1) is 18.7. The standard InChI is InChI=1S/C17H27ClN2O2S/c1-19-13-15-5-3-14(4-6-15)11-12-20(2)23(21,22)17-9-7-16(18)8-10-17/h7-10,14-15,19H,3-6,11-13H2,1-2H3. The molecular formula is C17H27ClN2O2S. The average molecular weight is 359 g/mol. The average Bonchev–Trinajstić information content (AvgIpc) is 2.54. The van der Waals surface area contributed by atoms with Gasteiger partial charge in [0.15, 0.2) is 0 Å². The third-order valence-electron chi connectivity index (χ3n) is 4.83. The van der Waals surface area contributed by atoms with Gasteiger partial charge in [0.2, 0.25) is 10.0 Å². The second-order valence-electron chi connectivity index (χ2n) is 6.51. The van der Waals surface area contributed by atoms with E-state index in [9.17, 15) is 8.42 Å². The number of sulfonamides is 1. The Morgan fingerprint density at radius 3 is 2.26 bits per heavy atom. The summed E-state index contributed by atoms with van der Waals surface area (Å²) < 4.78 is 26.5. The molecule has 0 spiro atoms. The molecule has 130 valence electrons. The summed E-state index contributed by atoms with van der Waals surface area (Å²) in [6, 6.07) is 6.37. The maximum Gasteiger partial charge on any atom is 0.242 e. The molecule has 0 saturated heterocycles. The molecule has 1 aliphatic rings. The fourth-order valence-electron chi connectivity index (χ4n) is 3.28. The van der Waals surface area contributed by atoms with Gasteiger partial charge in [0, 0.05) is 18.6 Å². The Bertz CT molecular complexity index is 581. The summed E-state index contributed by atoms with van der Waals surface area (Å²) in [5.74, 6) is 1.43. The van der Waals surface area contributed by atoms with Crippen molar-refractivity contribution >= 4 is 21.6 Å². The molecule has 1 aromatic carbocycles. The lowest BCUT2D eigenvalue weighted by Gasteiger charge is -2.29. The molecule has 0 amide bonds. The van der Waals surface area contributed by atoms with Gasteiger partial charge in [-0.1, -0.05) is 24.4 Å². The Morgan fingerprint density at radius 1 is 1.13 bits per heavy atom. The number of benzene rings is 1. The zero-order chi connectivity index (χ0) is 16.9. The van der Waals surface area contributed by atoms with Crippen LogP contribution in [0.1, 0.15) is 32.1 Å². The first-order valence-corrected chi connectivity index (χ1v) is 10.1. The summed E-state index contributed by atoms with van der Waals surface area (Å²) in [6.45, 7) is 1.67. The molecule has 23 heavy (non-hydrogen) atoms. The molecule has 1 aromatic rings. The van der Waals surface area contributed by atoms with Gasteiger partial charge in [0.05, 0.1) is 4.90 Å². The second-order valence-corrected chi connectivity index (χ2v) is 8.99. The van der Waals surface area contributed by atoms with E-state index in [2.05, 4.69) is 5.32 Å². The first-order chi connectivity index (χ1) is 10.9. The Balaban J connectivity index is 1.85. The molecule has 1 aliphatic carbocycles. The number of hydrogen-bond donors (Lipinski definition) is 1. The van der Waals surface area contributed by atoms with E-state index >= 15 is 0 Å². The summed E-state index contributed by atoms with van der Waals surface area (Å²) in [4.78, 5) is 0.308. The van der Waals surface area contributed by atoms with Crippen molar-refractivity contribution in [1.29, 1.82) is 0 Å². The molecule has 0 heterocycles. The van der Waals surface area contributed by atoms with Crippen LogP contribution < -0.4 is 5.32 Å². The van der Waals surface area contributed by atoms with E-state index < -0.39 is 10.0 Å². The Hall–Kier alpha value is -0.620. The Kier molecular flexibility index (Phi) is 6.89. The Labute approximate surface area is 145 Å². The fourth-order valence-corrected chi connectivity index (χ4v) is 4.60. The van der Waals surface area contributed by atoms with Gasteiger partial charge in [-0.05, 0) is 69.0 Å². The topological polar surface area (TPSA) is 49.4 Å². The lowest BCUT2D eigenvalue weighted by molar-refractivity contribution is 0.250. The van der Waals surface area contributed by atoms with Crippen molar-refractivity contribution in [3.63, 3.8) is 0 Å². The van der Waals surface area contributed by atoms with Crippen LogP contribution in [0.25, 0.3) is 0 Å². The van der Waals surface area contributed by atoms with Crippen molar-refractivity contribution < 1.29 is 8.42 Å². The SMILES string of the molecule is CNCC1CCC(CCN(C)S(=O)(=O)c2ccc(Cl)cc2)CC1. The van der Waals surface area contributed by atoms with Crippen molar-refractivity contribution in [3.05, 3.63) is 29.3 Å². The highest BCUT2D eigenvalue weighted by Gasteiger charge is 2.24. The van der Waals surface area contributed by atoms with Crippen LogP contribution >= 0.6 is 11.6 Å². The van der Waals surface area contributed by atoms with E-state index in [0.717, 1.165) is 18.9 Å². The highest BCUT2D eigenvalue weighted by Crippen LogP contribution is 2.31. The van der Waals surface area contributed by atoms with E-state index in [1.165, 1.54) is 30.0 Å². The quantitative estimate of drug-likeness (QED) is 0.812. The molecule has 0 atom stereocenters. The zero-order valence-electron chi connectivity index (χ0n) is 14.0. The van der Waals surface area contributed by atoms with Crippen molar-refractivity contribution in [2.24, 2.45) is 11.8 Å². The Morgan fingerprint density at radius 2 is 1.70 bits per heavy atom. The molecule has 1 fully saturated rings. The minimum atomic E-state index is -3.41. The molecule has 4 nitrogen and oxygen atoms in total. The molecule has 0 aromatic heterocycles. The number of halogens is 1. The number of nitrogens with one attached hydrogen (secondary N) is 1. The number of hydrogen-bond acceptors (Lipinski definition) is 3. The largest absolute Gasteiger partial charge is 0.319 e. The van der Waals surface area contributed by atoms with E-state index in [1.807, 2.05) is 7.05 Å². The van der Waals surface area contributed by atoms with Crippen LogP contribution in [0.4, 0.5) is 0 Å². The van der Waals surface area contributed by atoms with Crippen LogP contribution in [0.3, 0.4) is 0 Å². The molecule has 0 radical (unpaired) electrons. The van der Waals surface area contributed by atoms with E-state index in [0.29, 0.717) is 22.4 Å². The number of nitrogens with zero attached hydrogens (tertiary/aromatic N) is 1. The monoisotopic (exact) mass is 358 g/mol. The molecule has 0 aliphatic heterocycles. The molecule has 1 saturated carbocycles. The van der Waals surface area contributed by atoms with E-state index in [-0.39, 0.29) is 0 Å². The molecule has 2 rings (SSSR count). The second kappa shape index (κ2) is 8.47. The van der Waals surface area contributed by atoms with Crippen LogP contribution in [0, 0.1) is 11.8 Å². The van der Waals surface area contributed by atoms with Gasteiger partial charge in [0.1, 0.15) is 0 Å². The smallest absolute Gasteiger partial charge is 0.242 e. The van der Waals surface area contributed by atoms with Crippen LogP contribution in [0.2, 0.25) is 5.02 Å². The molecule has 0 bridgehead atoms. The van der Waals surface area contributed by atoms with Crippen LogP contribution in [-0.4, -0.2) is 39.9 Å². The van der Waals surface area contributed by atoms with Crippen LogP contribution in [-0.2, 0) is 10.0 Å². The lowest BCUT2D eigenvalue weighted by Crippen LogP contribution is -2.30. The van der Waals surface area contributed by atoms with Gasteiger partial charge >= 0.3 is 0 Å². The summed E-state index contributed by atoms with van der Waals surface area (Å²) in [5.41, 5.74) is 0. The summed E-state index contributed by atoms with van der Waals surface area (Å²) in [6.07, 6.45) is 5.86.